The average molecular weight is 200 g/mol. The van der Waals surface area contributed by atoms with E-state index in [9.17, 15) is 5.11 Å². The third-order valence-electron chi connectivity index (χ3n) is 3.12. The molecule has 14 heavy (non-hydrogen) atoms. The van der Waals surface area contributed by atoms with E-state index in [-0.39, 0.29) is 6.10 Å². The Morgan fingerprint density at radius 2 is 2.36 bits per heavy atom. The molecule has 0 aliphatic carbocycles. The molecule has 0 aromatic rings. The van der Waals surface area contributed by atoms with Crippen molar-refractivity contribution < 1.29 is 5.11 Å². The standard InChI is InChI=1S/C11H24N2O/c1-2-11(14)9-13-7-3-4-10(8-13)5-6-12/h10-11,14H,2-9,12H2,1H3. The molecule has 2 unspecified atom stereocenters. The topological polar surface area (TPSA) is 49.5 Å². The molecular formula is C11H24N2O. The SMILES string of the molecule is CCC(O)CN1CCCC(CCN)C1. The predicted octanol–water partition coefficient (Wildman–Crippen LogP) is 0.818. The van der Waals surface area contributed by atoms with E-state index < -0.39 is 0 Å². The Hall–Kier alpha value is -0.120. The van der Waals surface area contributed by atoms with E-state index in [1.165, 1.54) is 12.8 Å². The Morgan fingerprint density at radius 3 is 3.00 bits per heavy atom. The molecule has 0 saturated carbocycles. The molecule has 1 saturated heterocycles. The normalized spacial score (nSPS) is 26.4. The Labute approximate surface area is 87.3 Å². The number of likely N-dealkylation sites (tertiary alicyclic amines) is 1. The van der Waals surface area contributed by atoms with E-state index in [1.807, 2.05) is 6.92 Å². The number of aliphatic hydroxyl groups is 1. The lowest BCUT2D eigenvalue weighted by Crippen LogP contribution is -2.40. The summed E-state index contributed by atoms with van der Waals surface area (Å²) in [7, 11) is 0. The number of β-amino-alcohol motifs (C(OH)–C–C–N with tert-alkyl or cyclic N) is 1. The average Bonchev–Trinajstić information content (AvgIpc) is 2.19. The number of aliphatic hydroxyl groups excluding tert-OH is 1. The summed E-state index contributed by atoms with van der Waals surface area (Å²) >= 11 is 0. The minimum Gasteiger partial charge on any atom is -0.392 e. The number of rotatable bonds is 5. The molecule has 0 bridgehead atoms. The lowest BCUT2D eigenvalue weighted by atomic mass is 9.94. The summed E-state index contributed by atoms with van der Waals surface area (Å²) < 4.78 is 0. The minimum absolute atomic E-state index is 0.147. The molecule has 1 aliphatic heterocycles. The van der Waals surface area contributed by atoms with Crippen LogP contribution in [0.5, 0.6) is 0 Å². The van der Waals surface area contributed by atoms with Gasteiger partial charge in [0.25, 0.3) is 0 Å². The van der Waals surface area contributed by atoms with Gasteiger partial charge in [-0.25, -0.2) is 0 Å². The Kier molecular flexibility index (Phi) is 5.45. The molecule has 1 fully saturated rings. The zero-order valence-corrected chi connectivity index (χ0v) is 9.28. The molecule has 1 aliphatic rings. The summed E-state index contributed by atoms with van der Waals surface area (Å²) in [4.78, 5) is 2.39. The highest BCUT2D eigenvalue weighted by Gasteiger charge is 2.20. The number of nitrogens with two attached hydrogens (primary N) is 1. The van der Waals surface area contributed by atoms with Crippen LogP contribution in [0.15, 0.2) is 0 Å². The van der Waals surface area contributed by atoms with Crippen molar-refractivity contribution in [1.29, 1.82) is 0 Å². The van der Waals surface area contributed by atoms with Crippen molar-refractivity contribution in [3.05, 3.63) is 0 Å². The smallest absolute Gasteiger partial charge is 0.0664 e. The van der Waals surface area contributed by atoms with E-state index in [2.05, 4.69) is 4.90 Å². The van der Waals surface area contributed by atoms with Crippen LogP contribution in [0.4, 0.5) is 0 Å². The van der Waals surface area contributed by atoms with Crippen LogP contribution >= 0.6 is 0 Å². The van der Waals surface area contributed by atoms with Crippen LogP contribution in [0, 0.1) is 5.92 Å². The lowest BCUT2D eigenvalue weighted by Gasteiger charge is -2.33. The summed E-state index contributed by atoms with van der Waals surface area (Å²) in [5, 5.41) is 9.56. The highest BCUT2D eigenvalue weighted by molar-refractivity contribution is 4.74. The predicted molar refractivity (Wildman–Crippen MR) is 59.1 cm³/mol. The molecule has 84 valence electrons. The molecular weight excluding hydrogens is 176 g/mol. The first-order valence-electron chi connectivity index (χ1n) is 5.86. The number of piperidine rings is 1. The van der Waals surface area contributed by atoms with Crippen LogP contribution in [0.1, 0.15) is 32.6 Å². The van der Waals surface area contributed by atoms with Gasteiger partial charge in [-0.2, -0.15) is 0 Å². The van der Waals surface area contributed by atoms with E-state index in [1.54, 1.807) is 0 Å². The van der Waals surface area contributed by atoms with Crippen molar-refractivity contribution in [2.45, 2.75) is 38.7 Å². The van der Waals surface area contributed by atoms with Crippen LogP contribution in [0.25, 0.3) is 0 Å². The molecule has 3 nitrogen and oxygen atoms in total. The van der Waals surface area contributed by atoms with Gasteiger partial charge in [-0.1, -0.05) is 6.92 Å². The molecule has 0 spiro atoms. The van der Waals surface area contributed by atoms with Gasteiger partial charge < -0.3 is 15.7 Å². The van der Waals surface area contributed by atoms with Crippen LogP contribution in [-0.2, 0) is 0 Å². The van der Waals surface area contributed by atoms with Gasteiger partial charge in [0.05, 0.1) is 6.10 Å². The van der Waals surface area contributed by atoms with Gasteiger partial charge in [-0.05, 0) is 44.7 Å². The highest BCUT2D eigenvalue weighted by Crippen LogP contribution is 2.19. The molecule has 3 heteroatoms. The number of nitrogens with zero attached hydrogens (tertiary/aromatic N) is 1. The van der Waals surface area contributed by atoms with Crippen molar-refractivity contribution >= 4 is 0 Å². The van der Waals surface area contributed by atoms with Crippen LogP contribution in [0.2, 0.25) is 0 Å². The van der Waals surface area contributed by atoms with Gasteiger partial charge in [0, 0.05) is 13.1 Å². The van der Waals surface area contributed by atoms with E-state index in [4.69, 9.17) is 5.73 Å². The van der Waals surface area contributed by atoms with Crippen molar-refractivity contribution in [3.63, 3.8) is 0 Å². The summed E-state index contributed by atoms with van der Waals surface area (Å²) in [6.45, 7) is 5.96. The van der Waals surface area contributed by atoms with Gasteiger partial charge in [-0.3, -0.25) is 0 Å². The summed E-state index contributed by atoms with van der Waals surface area (Å²) in [5.74, 6) is 0.762. The fraction of sp³-hybridized carbons (Fsp3) is 1.00. The molecule has 0 radical (unpaired) electrons. The summed E-state index contributed by atoms with van der Waals surface area (Å²) in [6.07, 6.45) is 4.43. The monoisotopic (exact) mass is 200 g/mol. The zero-order chi connectivity index (χ0) is 10.4. The second kappa shape index (κ2) is 6.38. The summed E-state index contributed by atoms with van der Waals surface area (Å²) in [5.41, 5.74) is 5.56. The maximum Gasteiger partial charge on any atom is 0.0664 e. The van der Waals surface area contributed by atoms with E-state index in [0.29, 0.717) is 0 Å². The van der Waals surface area contributed by atoms with Crippen molar-refractivity contribution in [3.8, 4) is 0 Å². The highest BCUT2D eigenvalue weighted by atomic mass is 16.3. The Balaban J connectivity index is 2.25. The molecule has 3 N–H and O–H groups in total. The van der Waals surface area contributed by atoms with Crippen LogP contribution in [0.3, 0.4) is 0 Å². The number of hydrogen-bond acceptors (Lipinski definition) is 3. The third-order valence-corrected chi connectivity index (χ3v) is 3.12. The molecule has 0 amide bonds. The summed E-state index contributed by atoms with van der Waals surface area (Å²) in [6, 6.07) is 0. The van der Waals surface area contributed by atoms with Gasteiger partial charge in [0.1, 0.15) is 0 Å². The van der Waals surface area contributed by atoms with E-state index in [0.717, 1.165) is 44.9 Å². The van der Waals surface area contributed by atoms with Gasteiger partial charge in [0.15, 0.2) is 0 Å². The van der Waals surface area contributed by atoms with Crippen molar-refractivity contribution in [2.75, 3.05) is 26.2 Å². The largest absolute Gasteiger partial charge is 0.392 e. The Bertz CT molecular complexity index is 150. The van der Waals surface area contributed by atoms with E-state index >= 15 is 0 Å². The van der Waals surface area contributed by atoms with Crippen LogP contribution < -0.4 is 5.73 Å². The molecule has 1 heterocycles. The minimum atomic E-state index is -0.147. The lowest BCUT2D eigenvalue weighted by molar-refractivity contribution is 0.0810. The first-order chi connectivity index (χ1) is 6.76. The molecule has 0 aromatic carbocycles. The van der Waals surface area contributed by atoms with Crippen LogP contribution in [-0.4, -0.2) is 42.3 Å². The first kappa shape index (κ1) is 12.0. The van der Waals surface area contributed by atoms with Crippen molar-refractivity contribution in [1.82, 2.24) is 4.90 Å². The third kappa shape index (κ3) is 3.95. The Morgan fingerprint density at radius 1 is 1.57 bits per heavy atom. The quantitative estimate of drug-likeness (QED) is 0.691. The fourth-order valence-electron chi connectivity index (χ4n) is 2.22. The fourth-order valence-corrected chi connectivity index (χ4v) is 2.22. The molecule has 2 atom stereocenters. The maximum atomic E-state index is 9.56. The van der Waals surface area contributed by atoms with Crippen molar-refractivity contribution in [2.24, 2.45) is 11.7 Å². The molecule has 1 rings (SSSR count). The zero-order valence-electron chi connectivity index (χ0n) is 9.28. The number of hydrogen-bond donors (Lipinski definition) is 2. The van der Waals surface area contributed by atoms with Gasteiger partial charge in [0.2, 0.25) is 0 Å². The van der Waals surface area contributed by atoms with Gasteiger partial charge in [-0.15, -0.1) is 0 Å². The molecule has 0 aromatic heterocycles. The van der Waals surface area contributed by atoms with Gasteiger partial charge >= 0.3 is 0 Å². The first-order valence-corrected chi connectivity index (χ1v) is 5.86. The second-order valence-corrected chi connectivity index (χ2v) is 4.41. The second-order valence-electron chi connectivity index (χ2n) is 4.41. The maximum absolute atomic E-state index is 9.56.